The molecule has 2 amide bonds. The van der Waals surface area contributed by atoms with E-state index in [0.717, 1.165) is 11.1 Å². The molecule has 2 aromatic carbocycles. The van der Waals surface area contributed by atoms with Crippen molar-refractivity contribution in [2.24, 2.45) is 0 Å². The molecule has 0 aliphatic carbocycles. The monoisotopic (exact) mass is 320 g/mol. The summed E-state index contributed by atoms with van der Waals surface area (Å²) < 4.78 is 0. The van der Waals surface area contributed by atoms with Crippen LogP contribution in [-0.2, 0) is 6.54 Å². The lowest BCUT2D eigenvalue weighted by atomic mass is 10.2. The smallest absolute Gasteiger partial charge is 0.319 e. The van der Waals surface area contributed by atoms with Crippen LogP contribution in [0.2, 0.25) is 10.0 Å². The third-order valence-electron chi connectivity index (χ3n) is 2.68. The van der Waals surface area contributed by atoms with Crippen molar-refractivity contribution in [3.05, 3.63) is 75.9 Å². The molecule has 5 heteroatoms. The van der Waals surface area contributed by atoms with Crippen molar-refractivity contribution in [3.8, 4) is 0 Å². The molecule has 0 atom stereocenters. The number of hydrogen-bond acceptors (Lipinski definition) is 1. The van der Waals surface area contributed by atoms with Gasteiger partial charge in [-0.05, 0) is 41.5 Å². The Morgan fingerprint density at radius 1 is 1.05 bits per heavy atom. The summed E-state index contributed by atoms with van der Waals surface area (Å²) in [6.45, 7) is 0.414. The van der Waals surface area contributed by atoms with Crippen molar-refractivity contribution >= 4 is 35.3 Å². The van der Waals surface area contributed by atoms with Gasteiger partial charge in [0.05, 0.1) is 0 Å². The van der Waals surface area contributed by atoms with Gasteiger partial charge in [0, 0.05) is 22.8 Å². The van der Waals surface area contributed by atoms with Crippen molar-refractivity contribution < 1.29 is 4.79 Å². The van der Waals surface area contributed by atoms with Crippen LogP contribution in [-0.4, -0.2) is 6.03 Å². The SMILES string of the molecule is O=C(N/C=C/c1cccc(Cl)c1)NCc1cccc(Cl)c1. The maximum atomic E-state index is 11.6. The number of benzene rings is 2. The summed E-state index contributed by atoms with van der Waals surface area (Å²) in [5, 5.41) is 6.67. The van der Waals surface area contributed by atoms with Crippen LogP contribution < -0.4 is 10.6 Å². The number of nitrogens with one attached hydrogen (secondary N) is 2. The molecule has 0 saturated carbocycles. The Labute approximate surface area is 133 Å². The minimum Gasteiger partial charge on any atom is -0.334 e. The lowest BCUT2D eigenvalue weighted by Crippen LogP contribution is -2.31. The zero-order valence-electron chi connectivity index (χ0n) is 11.1. The Morgan fingerprint density at radius 3 is 2.48 bits per heavy atom. The van der Waals surface area contributed by atoms with Crippen molar-refractivity contribution in [2.45, 2.75) is 6.54 Å². The highest BCUT2D eigenvalue weighted by Gasteiger charge is 1.98. The fourth-order valence-electron chi connectivity index (χ4n) is 1.70. The van der Waals surface area contributed by atoms with E-state index in [0.29, 0.717) is 16.6 Å². The zero-order valence-corrected chi connectivity index (χ0v) is 12.7. The van der Waals surface area contributed by atoms with Crippen molar-refractivity contribution in [2.75, 3.05) is 0 Å². The summed E-state index contributed by atoms with van der Waals surface area (Å²) in [6, 6.07) is 14.4. The molecule has 0 spiro atoms. The quantitative estimate of drug-likeness (QED) is 0.857. The van der Waals surface area contributed by atoms with E-state index in [1.165, 1.54) is 0 Å². The van der Waals surface area contributed by atoms with Crippen LogP contribution in [0, 0.1) is 0 Å². The molecular weight excluding hydrogens is 307 g/mol. The first-order chi connectivity index (χ1) is 10.1. The van der Waals surface area contributed by atoms with Crippen LogP contribution in [0.4, 0.5) is 4.79 Å². The Balaban J connectivity index is 1.80. The number of urea groups is 1. The number of halogens is 2. The maximum absolute atomic E-state index is 11.6. The highest BCUT2D eigenvalue weighted by molar-refractivity contribution is 6.30. The van der Waals surface area contributed by atoms with Crippen molar-refractivity contribution in [1.82, 2.24) is 10.6 Å². The van der Waals surface area contributed by atoms with Crippen LogP contribution in [0.15, 0.2) is 54.7 Å². The maximum Gasteiger partial charge on any atom is 0.319 e. The van der Waals surface area contributed by atoms with Crippen molar-refractivity contribution in [1.29, 1.82) is 0 Å². The Kier molecular flexibility index (Phi) is 5.67. The van der Waals surface area contributed by atoms with E-state index in [4.69, 9.17) is 23.2 Å². The molecule has 2 rings (SSSR count). The lowest BCUT2D eigenvalue weighted by Gasteiger charge is -2.05. The van der Waals surface area contributed by atoms with Gasteiger partial charge in [0.15, 0.2) is 0 Å². The molecule has 3 nitrogen and oxygen atoms in total. The van der Waals surface area contributed by atoms with Crippen LogP contribution in [0.3, 0.4) is 0 Å². The molecule has 2 N–H and O–H groups in total. The summed E-state index contributed by atoms with van der Waals surface area (Å²) in [5.41, 5.74) is 1.86. The predicted octanol–water partition coefficient (Wildman–Crippen LogP) is 4.46. The highest BCUT2D eigenvalue weighted by atomic mass is 35.5. The zero-order chi connectivity index (χ0) is 15.1. The molecular formula is C16H14Cl2N2O. The summed E-state index contributed by atoms with van der Waals surface area (Å²) in [6.07, 6.45) is 3.34. The van der Waals surface area contributed by atoms with Crippen LogP contribution in [0.5, 0.6) is 0 Å². The topological polar surface area (TPSA) is 41.1 Å². The minimum atomic E-state index is -0.284. The van der Waals surface area contributed by atoms with Gasteiger partial charge in [0.2, 0.25) is 0 Å². The van der Waals surface area contributed by atoms with E-state index < -0.39 is 0 Å². The third kappa shape index (κ3) is 5.50. The fourth-order valence-corrected chi connectivity index (χ4v) is 2.12. The normalized spacial score (nSPS) is 10.6. The third-order valence-corrected chi connectivity index (χ3v) is 3.15. The lowest BCUT2D eigenvalue weighted by molar-refractivity contribution is 0.244. The Morgan fingerprint density at radius 2 is 1.76 bits per heavy atom. The molecule has 0 aromatic heterocycles. The van der Waals surface area contributed by atoms with Gasteiger partial charge in [-0.25, -0.2) is 4.79 Å². The molecule has 0 unspecified atom stereocenters. The number of carbonyl (C=O) groups excluding carboxylic acids is 1. The molecule has 21 heavy (non-hydrogen) atoms. The highest BCUT2D eigenvalue weighted by Crippen LogP contribution is 2.11. The average molecular weight is 321 g/mol. The van der Waals surface area contributed by atoms with Gasteiger partial charge >= 0.3 is 6.03 Å². The fraction of sp³-hybridized carbons (Fsp3) is 0.0625. The Hall–Kier alpha value is -1.97. The molecule has 0 saturated heterocycles. The van der Waals surface area contributed by atoms with E-state index in [9.17, 15) is 4.79 Å². The molecule has 2 aromatic rings. The first kappa shape index (κ1) is 15.4. The first-order valence-electron chi connectivity index (χ1n) is 6.34. The molecule has 0 aliphatic heterocycles. The second kappa shape index (κ2) is 7.72. The van der Waals surface area contributed by atoms with Crippen LogP contribution >= 0.6 is 23.2 Å². The summed E-state index contributed by atoms with van der Waals surface area (Å²) in [7, 11) is 0. The summed E-state index contributed by atoms with van der Waals surface area (Å²) >= 11 is 11.7. The second-order valence-electron chi connectivity index (χ2n) is 4.35. The number of amides is 2. The number of rotatable bonds is 4. The van der Waals surface area contributed by atoms with Gasteiger partial charge in [-0.1, -0.05) is 47.5 Å². The van der Waals surface area contributed by atoms with E-state index in [1.807, 2.05) is 36.4 Å². The molecule has 0 heterocycles. The molecule has 108 valence electrons. The molecule has 0 aliphatic rings. The van der Waals surface area contributed by atoms with E-state index in [2.05, 4.69) is 10.6 Å². The second-order valence-corrected chi connectivity index (χ2v) is 5.22. The largest absolute Gasteiger partial charge is 0.334 e. The summed E-state index contributed by atoms with van der Waals surface area (Å²) in [4.78, 5) is 11.6. The number of carbonyl (C=O) groups is 1. The van der Waals surface area contributed by atoms with E-state index >= 15 is 0 Å². The Bertz CT molecular complexity index is 656. The van der Waals surface area contributed by atoms with E-state index in [-0.39, 0.29) is 6.03 Å². The van der Waals surface area contributed by atoms with Gasteiger partial charge < -0.3 is 10.6 Å². The first-order valence-corrected chi connectivity index (χ1v) is 7.10. The summed E-state index contributed by atoms with van der Waals surface area (Å²) in [5.74, 6) is 0. The molecule has 0 bridgehead atoms. The van der Waals surface area contributed by atoms with Gasteiger partial charge in [-0.3, -0.25) is 0 Å². The van der Waals surface area contributed by atoms with Crippen LogP contribution in [0.25, 0.3) is 6.08 Å². The number of hydrogen-bond donors (Lipinski definition) is 2. The van der Waals surface area contributed by atoms with Gasteiger partial charge in [-0.15, -0.1) is 0 Å². The average Bonchev–Trinajstić information content (AvgIpc) is 2.45. The van der Waals surface area contributed by atoms with Crippen LogP contribution in [0.1, 0.15) is 11.1 Å². The molecule has 0 fully saturated rings. The minimum absolute atomic E-state index is 0.284. The van der Waals surface area contributed by atoms with E-state index in [1.54, 1.807) is 24.4 Å². The van der Waals surface area contributed by atoms with Gasteiger partial charge in [-0.2, -0.15) is 0 Å². The van der Waals surface area contributed by atoms with Gasteiger partial charge in [0.25, 0.3) is 0 Å². The van der Waals surface area contributed by atoms with Crippen molar-refractivity contribution in [3.63, 3.8) is 0 Å². The predicted molar refractivity (Wildman–Crippen MR) is 87.3 cm³/mol. The molecule has 0 radical (unpaired) electrons. The van der Waals surface area contributed by atoms with Gasteiger partial charge in [0.1, 0.15) is 0 Å². The standard InChI is InChI=1S/C16H14Cl2N2O/c17-14-5-1-3-12(9-14)7-8-19-16(21)20-11-13-4-2-6-15(18)10-13/h1-10H,11H2,(H2,19,20,21)/b8-7+.